The van der Waals surface area contributed by atoms with E-state index in [9.17, 15) is 10.2 Å². The van der Waals surface area contributed by atoms with Gasteiger partial charge >= 0.3 is 0 Å². The van der Waals surface area contributed by atoms with Crippen LogP contribution in [0.1, 0.15) is 64.2 Å². The standard InChI is InChI=1S/C20H32O3/c21-13-5-1-11-3-7-17-19(15(11)9-13)20-16-10-14(22)6-2-12(16)4-8-18(20)23-17/h11-22H,1-10H2. The molecule has 5 fully saturated rings. The van der Waals surface area contributed by atoms with Crippen molar-refractivity contribution in [1.82, 2.24) is 0 Å². The normalized spacial score (nSPS) is 58.7. The first-order valence-electron chi connectivity index (χ1n) is 10.2. The summed E-state index contributed by atoms with van der Waals surface area (Å²) in [6.45, 7) is 0. The number of hydrogen-bond acceptors (Lipinski definition) is 3. The minimum absolute atomic E-state index is 0.0783. The van der Waals surface area contributed by atoms with Gasteiger partial charge in [0.25, 0.3) is 0 Å². The van der Waals surface area contributed by atoms with Crippen LogP contribution in [0.15, 0.2) is 0 Å². The zero-order chi connectivity index (χ0) is 15.6. The second-order valence-corrected chi connectivity index (χ2v) is 9.30. The van der Waals surface area contributed by atoms with Crippen molar-refractivity contribution in [1.29, 1.82) is 0 Å². The van der Waals surface area contributed by atoms with Gasteiger partial charge in [0, 0.05) is 0 Å². The van der Waals surface area contributed by atoms with Crippen LogP contribution in [-0.4, -0.2) is 34.6 Å². The summed E-state index contributed by atoms with van der Waals surface area (Å²) in [6, 6.07) is 0. The smallest absolute Gasteiger partial charge is 0.0613 e. The van der Waals surface area contributed by atoms with Crippen LogP contribution in [-0.2, 0) is 4.74 Å². The molecule has 4 aliphatic carbocycles. The van der Waals surface area contributed by atoms with Gasteiger partial charge in [-0.25, -0.2) is 0 Å². The Kier molecular flexibility index (Phi) is 3.76. The van der Waals surface area contributed by atoms with Crippen molar-refractivity contribution in [3.63, 3.8) is 0 Å². The number of hydrogen-bond donors (Lipinski definition) is 2. The fourth-order valence-electron chi connectivity index (χ4n) is 7.45. The first kappa shape index (κ1) is 15.2. The highest BCUT2D eigenvalue weighted by Gasteiger charge is 2.57. The van der Waals surface area contributed by atoms with Gasteiger partial charge in [-0.05, 0) is 99.7 Å². The minimum Gasteiger partial charge on any atom is -0.393 e. The third-order valence-corrected chi connectivity index (χ3v) is 8.33. The summed E-state index contributed by atoms with van der Waals surface area (Å²) in [5, 5.41) is 20.5. The van der Waals surface area contributed by atoms with Crippen molar-refractivity contribution in [2.24, 2.45) is 35.5 Å². The summed E-state index contributed by atoms with van der Waals surface area (Å²) < 4.78 is 6.57. The molecule has 1 aliphatic heterocycles. The molecule has 0 spiro atoms. The first-order chi connectivity index (χ1) is 11.2. The maximum atomic E-state index is 10.3. The second kappa shape index (κ2) is 5.71. The van der Waals surface area contributed by atoms with Gasteiger partial charge in [-0.1, -0.05) is 0 Å². The minimum atomic E-state index is -0.0783. The third-order valence-electron chi connectivity index (χ3n) is 8.33. The van der Waals surface area contributed by atoms with Crippen LogP contribution in [0.5, 0.6) is 0 Å². The summed E-state index contributed by atoms with van der Waals surface area (Å²) in [5.41, 5.74) is 0. The molecule has 5 aliphatic rings. The highest BCUT2D eigenvalue weighted by atomic mass is 16.5. The van der Waals surface area contributed by atoms with E-state index >= 15 is 0 Å². The summed E-state index contributed by atoms with van der Waals surface area (Å²) >= 11 is 0. The van der Waals surface area contributed by atoms with E-state index in [0.29, 0.717) is 35.9 Å². The molecule has 3 nitrogen and oxygen atoms in total. The van der Waals surface area contributed by atoms with Crippen LogP contribution in [0.2, 0.25) is 0 Å². The molecular weight excluding hydrogens is 288 g/mol. The molecule has 5 rings (SSSR count). The van der Waals surface area contributed by atoms with E-state index in [1.807, 2.05) is 0 Å². The van der Waals surface area contributed by atoms with E-state index in [1.165, 1.54) is 38.5 Å². The van der Waals surface area contributed by atoms with E-state index in [2.05, 4.69) is 0 Å². The molecule has 1 saturated heterocycles. The largest absolute Gasteiger partial charge is 0.393 e. The molecule has 23 heavy (non-hydrogen) atoms. The van der Waals surface area contributed by atoms with Gasteiger partial charge in [0.05, 0.1) is 24.4 Å². The lowest BCUT2D eigenvalue weighted by atomic mass is 9.54. The van der Waals surface area contributed by atoms with E-state index < -0.39 is 0 Å². The molecule has 0 aromatic carbocycles. The lowest BCUT2D eigenvalue weighted by Crippen LogP contribution is -2.48. The van der Waals surface area contributed by atoms with Crippen molar-refractivity contribution in [3.8, 4) is 0 Å². The Bertz CT molecular complexity index is 412. The molecule has 2 N–H and O–H groups in total. The Morgan fingerprint density at radius 2 is 1.00 bits per heavy atom. The van der Waals surface area contributed by atoms with Gasteiger partial charge in [0.2, 0.25) is 0 Å². The van der Waals surface area contributed by atoms with Gasteiger partial charge in [-0.15, -0.1) is 0 Å². The molecule has 10 unspecified atom stereocenters. The lowest BCUT2D eigenvalue weighted by Gasteiger charge is -2.50. The van der Waals surface area contributed by atoms with Crippen molar-refractivity contribution in [3.05, 3.63) is 0 Å². The summed E-state index contributed by atoms with van der Waals surface area (Å²) in [6.07, 6.45) is 12.4. The zero-order valence-corrected chi connectivity index (χ0v) is 14.1. The maximum Gasteiger partial charge on any atom is 0.0613 e. The molecule has 0 aromatic rings. The van der Waals surface area contributed by atoms with Crippen LogP contribution in [0.4, 0.5) is 0 Å². The number of aliphatic hydroxyl groups is 2. The second-order valence-electron chi connectivity index (χ2n) is 9.30. The van der Waals surface area contributed by atoms with Crippen molar-refractivity contribution in [2.45, 2.75) is 88.6 Å². The van der Waals surface area contributed by atoms with Crippen LogP contribution in [0.3, 0.4) is 0 Å². The Balaban J connectivity index is 1.45. The summed E-state index contributed by atoms with van der Waals surface area (Å²) in [4.78, 5) is 0. The molecule has 0 aromatic heterocycles. The van der Waals surface area contributed by atoms with Gasteiger partial charge in [0.1, 0.15) is 0 Å². The topological polar surface area (TPSA) is 49.7 Å². The molecule has 130 valence electrons. The third kappa shape index (κ3) is 2.41. The Morgan fingerprint density at radius 1 is 0.565 bits per heavy atom. The SMILES string of the molecule is OC1CCC2CCC3OC4CCC5CCC(O)CC5C4C3C2C1. The Labute approximate surface area is 139 Å². The predicted molar refractivity (Wildman–Crippen MR) is 87.8 cm³/mol. The van der Waals surface area contributed by atoms with Gasteiger partial charge in [-0.2, -0.15) is 0 Å². The highest BCUT2D eigenvalue weighted by molar-refractivity contribution is 5.06. The van der Waals surface area contributed by atoms with E-state index in [1.54, 1.807) is 0 Å². The number of fused-ring (bicyclic) bond motifs is 7. The molecular formula is C20H32O3. The lowest BCUT2D eigenvalue weighted by molar-refractivity contribution is -0.0417. The maximum absolute atomic E-state index is 10.3. The number of rotatable bonds is 0. The van der Waals surface area contributed by atoms with Crippen molar-refractivity contribution in [2.75, 3.05) is 0 Å². The molecule has 0 radical (unpaired) electrons. The van der Waals surface area contributed by atoms with Gasteiger partial charge in [0.15, 0.2) is 0 Å². The molecule has 0 bridgehead atoms. The molecule has 4 saturated carbocycles. The number of ether oxygens (including phenoxy) is 1. The Morgan fingerprint density at radius 3 is 1.48 bits per heavy atom. The molecule has 3 heteroatoms. The van der Waals surface area contributed by atoms with Crippen LogP contribution in [0.25, 0.3) is 0 Å². The predicted octanol–water partition coefficient (Wildman–Crippen LogP) is 3.13. The first-order valence-corrected chi connectivity index (χ1v) is 10.2. The molecule has 0 amide bonds. The van der Waals surface area contributed by atoms with Crippen molar-refractivity contribution < 1.29 is 14.9 Å². The van der Waals surface area contributed by atoms with E-state index in [-0.39, 0.29) is 12.2 Å². The van der Waals surface area contributed by atoms with Gasteiger partial charge in [-0.3, -0.25) is 0 Å². The monoisotopic (exact) mass is 320 g/mol. The molecule has 10 atom stereocenters. The van der Waals surface area contributed by atoms with E-state index in [0.717, 1.165) is 37.5 Å². The van der Waals surface area contributed by atoms with E-state index in [4.69, 9.17) is 4.74 Å². The fraction of sp³-hybridized carbons (Fsp3) is 1.00. The van der Waals surface area contributed by atoms with Crippen LogP contribution in [0, 0.1) is 35.5 Å². The summed E-state index contributed by atoms with van der Waals surface area (Å²) in [7, 11) is 0. The highest BCUT2D eigenvalue weighted by Crippen LogP contribution is 2.59. The van der Waals surface area contributed by atoms with Crippen molar-refractivity contribution >= 4 is 0 Å². The molecule has 1 heterocycles. The van der Waals surface area contributed by atoms with Gasteiger partial charge < -0.3 is 14.9 Å². The zero-order valence-electron chi connectivity index (χ0n) is 14.1. The summed E-state index contributed by atoms with van der Waals surface area (Å²) in [5.74, 6) is 4.38. The van der Waals surface area contributed by atoms with Crippen LogP contribution < -0.4 is 0 Å². The Hall–Kier alpha value is -0.120. The number of aliphatic hydroxyl groups excluding tert-OH is 2. The van der Waals surface area contributed by atoms with Crippen LogP contribution >= 0.6 is 0 Å². The average molecular weight is 320 g/mol. The average Bonchev–Trinajstić information content (AvgIpc) is 2.94. The fourth-order valence-corrected chi connectivity index (χ4v) is 7.45. The quantitative estimate of drug-likeness (QED) is 0.721.